The molecule has 0 radical (unpaired) electrons. The molecule has 0 spiro atoms. The molecule has 2 heteroatoms. The molecule has 2 unspecified atom stereocenters. The van der Waals surface area contributed by atoms with E-state index in [9.17, 15) is 0 Å². The van der Waals surface area contributed by atoms with Crippen LogP contribution in [-0.2, 0) is 0 Å². The Morgan fingerprint density at radius 1 is 1.13 bits per heavy atom. The Morgan fingerprint density at radius 2 is 1.73 bits per heavy atom. The molecule has 0 bridgehead atoms. The maximum Gasteiger partial charge on any atom is 0.00870 e. The molecule has 0 aromatic rings. The van der Waals surface area contributed by atoms with Gasteiger partial charge in [-0.1, -0.05) is 27.7 Å². The van der Waals surface area contributed by atoms with Crippen LogP contribution in [0.4, 0.5) is 0 Å². The van der Waals surface area contributed by atoms with Crippen LogP contribution in [0.15, 0.2) is 0 Å². The highest BCUT2D eigenvalue weighted by Crippen LogP contribution is 2.09. The third-order valence-corrected chi connectivity index (χ3v) is 3.18. The van der Waals surface area contributed by atoms with Crippen molar-refractivity contribution in [2.45, 2.75) is 47.1 Å². The summed E-state index contributed by atoms with van der Waals surface area (Å²) in [4.78, 5) is 2.48. The summed E-state index contributed by atoms with van der Waals surface area (Å²) in [6.07, 6.45) is 1.23. The number of rotatable bonds is 8. The smallest absolute Gasteiger partial charge is 0.00870 e. The van der Waals surface area contributed by atoms with Gasteiger partial charge in [-0.25, -0.2) is 0 Å². The topological polar surface area (TPSA) is 15.3 Å². The van der Waals surface area contributed by atoms with Crippen LogP contribution >= 0.6 is 0 Å². The molecule has 0 saturated heterocycles. The van der Waals surface area contributed by atoms with Crippen molar-refractivity contribution >= 4 is 0 Å². The minimum absolute atomic E-state index is 0.679. The predicted octanol–water partition coefficient (Wildman–Crippen LogP) is 2.60. The molecule has 0 heterocycles. The number of nitrogens with one attached hydrogen (secondary N) is 1. The third kappa shape index (κ3) is 6.91. The van der Waals surface area contributed by atoms with Crippen LogP contribution in [-0.4, -0.2) is 37.6 Å². The summed E-state index contributed by atoms with van der Waals surface area (Å²) in [6.45, 7) is 14.9. The second-order valence-corrected chi connectivity index (χ2v) is 5.23. The maximum absolute atomic E-state index is 3.48. The number of nitrogens with zero attached hydrogens (tertiary/aromatic N) is 1. The van der Waals surface area contributed by atoms with E-state index in [0.717, 1.165) is 24.9 Å². The van der Waals surface area contributed by atoms with Gasteiger partial charge in [0.2, 0.25) is 0 Å². The normalized spacial score (nSPS) is 16.0. The lowest BCUT2D eigenvalue weighted by molar-refractivity contribution is 0.182. The van der Waals surface area contributed by atoms with Crippen LogP contribution in [0.5, 0.6) is 0 Å². The fraction of sp³-hybridized carbons (Fsp3) is 1.00. The van der Waals surface area contributed by atoms with E-state index in [1.807, 2.05) is 0 Å². The Morgan fingerprint density at radius 3 is 2.20 bits per heavy atom. The van der Waals surface area contributed by atoms with Gasteiger partial charge in [0.1, 0.15) is 0 Å². The summed E-state index contributed by atoms with van der Waals surface area (Å²) in [5.74, 6) is 1.48. The summed E-state index contributed by atoms with van der Waals surface area (Å²) in [5, 5.41) is 3.48. The molecule has 2 atom stereocenters. The molecular weight excluding hydrogens is 184 g/mol. The first-order valence-corrected chi connectivity index (χ1v) is 6.40. The molecule has 2 nitrogen and oxygen atoms in total. The van der Waals surface area contributed by atoms with Crippen molar-refractivity contribution in [1.29, 1.82) is 0 Å². The van der Waals surface area contributed by atoms with E-state index in [-0.39, 0.29) is 0 Å². The van der Waals surface area contributed by atoms with Crippen molar-refractivity contribution in [1.82, 2.24) is 10.2 Å². The minimum atomic E-state index is 0.679. The zero-order chi connectivity index (χ0) is 11.8. The first-order valence-electron chi connectivity index (χ1n) is 6.40. The fourth-order valence-electron chi connectivity index (χ4n) is 1.76. The van der Waals surface area contributed by atoms with Crippen molar-refractivity contribution in [2.75, 3.05) is 26.7 Å². The Balaban J connectivity index is 3.70. The highest BCUT2D eigenvalue weighted by molar-refractivity contribution is 4.70. The van der Waals surface area contributed by atoms with Crippen molar-refractivity contribution < 1.29 is 0 Å². The molecule has 15 heavy (non-hydrogen) atoms. The molecule has 0 aliphatic rings. The van der Waals surface area contributed by atoms with Gasteiger partial charge in [0.25, 0.3) is 0 Å². The summed E-state index contributed by atoms with van der Waals surface area (Å²) in [5.41, 5.74) is 0. The zero-order valence-electron chi connectivity index (χ0n) is 11.5. The van der Waals surface area contributed by atoms with Gasteiger partial charge in [0.15, 0.2) is 0 Å². The van der Waals surface area contributed by atoms with E-state index in [1.165, 1.54) is 13.0 Å². The van der Waals surface area contributed by atoms with E-state index < -0.39 is 0 Å². The first-order chi connectivity index (χ1) is 6.99. The Kier molecular flexibility index (Phi) is 8.07. The molecule has 0 aliphatic carbocycles. The van der Waals surface area contributed by atoms with Gasteiger partial charge in [0, 0.05) is 12.6 Å². The quantitative estimate of drug-likeness (QED) is 0.625. The van der Waals surface area contributed by atoms with Crippen LogP contribution in [0.2, 0.25) is 0 Å². The van der Waals surface area contributed by atoms with Crippen molar-refractivity contribution in [3.63, 3.8) is 0 Å². The van der Waals surface area contributed by atoms with Crippen LogP contribution < -0.4 is 5.32 Å². The van der Waals surface area contributed by atoms with E-state index in [4.69, 9.17) is 0 Å². The summed E-state index contributed by atoms with van der Waals surface area (Å²) < 4.78 is 0. The second kappa shape index (κ2) is 8.12. The summed E-state index contributed by atoms with van der Waals surface area (Å²) in [6, 6.07) is 0.679. The standard InChI is InChI=1S/C13H30N2/c1-7-8-14-9-12(4)10-15(6)13(5)11(2)3/h11-14H,7-10H2,1-6H3. The van der Waals surface area contributed by atoms with Gasteiger partial charge in [-0.05, 0) is 45.3 Å². The maximum atomic E-state index is 3.48. The van der Waals surface area contributed by atoms with Gasteiger partial charge in [0.05, 0.1) is 0 Å². The van der Waals surface area contributed by atoms with Gasteiger partial charge < -0.3 is 10.2 Å². The average Bonchev–Trinajstić information content (AvgIpc) is 2.16. The predicted molar refractivity (Wildman–Crippen MR) is 69.3 cm³/mol. The van der Waals surface area contributed by atoms with Gasteiger partial charge in [-0.15, -0.1) is 0 Å². The monoisotopic (exact) mass is 214 g/mol. The largest absolute Gasteiger partial charge is 0.316 e. The highest BCUT2D eigenvalue weighted by atomic mass is 15.1. The van der Waals surface area contributed by atoms with Crippen LogP contribution in [0.25, 0.3) is 0 Å². The molecule has 0 aromatic heterocycles. The molecule has 0 aromatic carbocycles. The second-order valence-electron chi connectivity index (χ2n) is 5.23. The Labute approximate surface area is 96.4 Å². The zero-order valence-corrected chi connectivity index (χ0v) is 11.5. The fourth-order valence-corrected chi connectivity index (χ4v) is 1.76. The summed E-state index contributed by atoms with van der Waals surface area (Å²) >= 11 is 0. The lowest BCUT2D eigenvalue weighted by Gasteiger charge is -2.30. The minimum Gasteiger partial charge on any atom is -0.316 e. The van der Waals surface area contributed by atoms with Crippen molar-refractivity contribution in [3.05, 3.63) is 0 Å². The van der Waals surface area contributed by atoms with Crippen LogP contribution in [0.1, 0.15) is 41.0 Å². The number of hydrogen-bond donors (Lipinski definition) is 1. The molecule has 92 valence electrons. The van der Waals surface area contributed by atoms with E-state index in [2.05, 4.69) is 51.9 Å². The van der Waals surface area contributed by atoms with Crippen molar-refractivity contribution in [3.8, 4) is 0 Å². The lowest BCUT2D eigenvalue weighted by Crippen LogP contribution is -2.38. The lowest BCUT2D eigenvalue weighted by atomic mass is 10.0. The number of hydrogen-bond acceptors (Lipinski definition) is 2. The molecule has 0 fully saturated rings. The third-order valence-electron chi connectivity index (χ3n) is 3.18. The Bertz CT molecular complexity index is 145. The van der Waals surface area contributed by atoms with E-state index >= 15 is 0 Å². The van der Waals surface area contributed by atoms with E-state index in [0.29, 0.717) is 6.04 Å². The van der Waals surface area contributed by atoms with Gasteiger partial charge in [-0.3, -0.25) is 0 Å². The van der Waals surface area contributed by atoms with Crippen LogP contribution in [0.3, 0.4) is 0 Å². The van der Waals surface area contributed by atoms with Gasteiger partial charge in [-0.2, -0.15) is 0 Å². The van der Waals surface area contributed by atoms with Gasteiger partial charge >= 0.3 is 0 Å². The van der Waals surface area contributed by atoms with Crippen molar-refractivity contribution in [2.24, 2.45) is 11.8 Å². The SMILES string of the molecule is CCCNCC(C)CN(C)C(C)C(C)C. The molecular formula is C13H30N2. The molecule has 1 N–H and O–H groups in total. The highest BCUT2D eigenvalue weighted by Gasteiger charge is 2.14. The molecule has 0 saturated carbocycles. The molecule has 0 aliphatic heterocycles. The molecule has 0 amide bonds. The summed E-state index contributed by atoms with van der Waals surface area (Å²) in [7, 11) is 2.24. The molecule has 0 rings (SSSR count). The Hall–Kier alpha value is -0.0800. The van der Waals surface area contributed by atoms with E-state index in [1.54, 1.807) is 0 Å². The van der Waals surface area contributed by atoms with Crippen LogP contribution in [0, 0.1) is 11.8 Å². The first kappa shape index (κ1) is 14.9. The average molecular weight is 214 g/mol.